The molecular weight excluding hydrogens is 224 g/mol. The Morgan fingerprint density at radius 1 is 1.18 bits per heavy atom. The van der Waals surface area contributed by atoms with Crippen LogP contribution in [0.2, 0.25) is 0 Å². The number of amides is 2. The van der Waals surface area contributed by atoms with Crippen molar-refractivity contribution in [2.75, 3.05) is 6.54 Å². The summed E-state index contributed by atoms with van der Waals surface area (Å²) >= 11 is 0. The molecule has 90 valence electrons. The van der Waals surface area contributed by atoms with Gasteiger partial charge in [0, 0.05) is 6.54 Å². The van der Waals surface area contributed by atoms with Crippen LogP contribution >= 0.6 is 0 Å². The van der Waals surface area contributed by atoms with Crippen LogP contribution in [0.25, 0.3) is 0 Å². The number of hydrogen-bond acceptors (Lipinski definition) is 4. The zero-order valence-corrected chi connectivity index (χ0v) is 9.01. The summed E-state index contributed by atoms with van der Waals surface area (Å²) in [5.41, 5.74) is 5.10. The molecule has 0 heterocycles. The highest BCUT2D eigenvalue weighted by Gasteiger charge is 2.12. The molecule has 1 aromatic carbocycles. The van der Waals surface area contributed by atoms with E-state index in [0.717, 1.165) is 0 Å². The Balaban J connectivity index is 2.36. The third kappa shape index (κ3) is 4.78. The molecule has 6 nitrogen and oxygen atoms in total. The summed E-state index contributed by atoms with van der Waals surface area (Å²) in [5, 5.41) is 2.22. The zero-order valence-electron chi connectivity index (χ0n) is 9.01. The number of benzene rings is 1. The Morgan fingerprint density at radius 2 is 1.82 bits per heavy atom. The second kappa shape index (κ2) is 6.26. The van der Waals surface area contributed by atoms with Gasteiger partial charge in [-0.3, -0.25) is 4.79 Å². The van der Waals surface area contributed by atoms with Crippen LogP contribution in [0.1, 0.15) is 16.8 Å². The highest BCUT2D eigenvalue weighted by molar-refractivity contribution is 5.96. The van der Waals surface area contributed by atoms with Gasteiger partial charge in [0.2, 0.25) is 0 Å². The topological polar surface area (TPSA) is 98.5 Å². The highest BCUT2D eigenvalue weighted by Crippen LogP contribution is 2.01. The number of hydrogen-bond donors (Lipinski definition) is 2. The first kappa shape index (κ1) is 12.7. The van der Waals surface area contributed by atoms with Crippen LogP contribution in [0, 0.1) is 0 Å². The smallest absolute Gasteiger partial charge is 0.345 e. The molecule has 0 spiro atoms. The second-order valence-corrected chi connectivity index (χ2v) is 3.17. The van der Waals surface area contributed by atoms with Crippen LogP contribution in [0.4, 0.5) is 4.79 Å². The summed E-state index contributed by atoms with van der Waals surface area (Å²) in [7, 11) is 0. The van der Waals surface area contributed by atoms with Crippen LogP contribution < -0.4 is 11.1 Å². The van der Waals surface area contributed by atoms with E-state index in [0.29, 0.717) is 5.56 Å². The molecule has 2 amide bonds. The van der Waals surface area contributed by atoms with Gasteiger partial charge in [0.15, 0.2) is 0 Å². The minimum Gasteiger partial charge on any atom is -0.389 e. The number of rotatable bonds is 4. The van der Waals surface area contributed by atoms with Gasteiger partial charge in [0.1, 0.15) is 0 Å². The lowest BCUT2D eigenvalue weighted by Crippen LogP contribution is -2.31. The van der Waals surface area contributed by atoms with Gasteiger partial charge < -0.3 is 15.8 Å². The van der Waals surface area contributed by atoms with Crippen molar-refractivity contribution < 1.29 is 19.1 Å². The molecule has 0 aliphatic rings. The van der Waals surface area contributed by atoms with Gasteiger partial charge in [-0.1, -0.05) is 18.2 Å². The van der Waals surface area contributed by atoms with E-state index in [4.69, 9.17) is 5.73 Å². The fraction of sp³-hybridized carbons (Fsp3) is 0.182. The Labute approximate surface area is 97.7 Å². The second-order valence-electron chi connectivity index (χ2n) is 3.17. The fourth-order valence-electron chi connectivity index (χ4n) is 1.08. The molecule has 17 heavy (non-hydrogen) atoms. The van der Waals surface area contributed by atoms with E-state index >= 15 is 0 Å². The first-order valence-electron chi connectivity index (χ1n) is 4.93. The first-order valence-corrected chi connectivity index (χ1v) is 4.93. The van der Waals surface area contributed by atoms with Crippen molar-refractivity contribution in [1.82, 2.24) is 5.32 Å². The van der Waals surface area contributed by atoms with Crippen molar-refractivity contribution in [3.63, 3.8) is 0 Å². The quantitative estimate of drug-likeness (QED) is 0.585. The third-order valence-corrected chi connectivity index (χ3v) is 1.84. The molecule has 0 bridgehead atoms. The minimum atomic E-state index is -0.729. The van der Waals surface area contributed by atoms with E-state index in [9.17, 15) is 14.4 Å². The van der Waals surface area contributed by atoms with Gasteiger partial charge in [-0.25, -0.2) is 9.59 Å². The molecule has 0 aliphatic carbocycles. The first-order chi connectivity index (χ1) is 8.09. The molecule has 1 aromatic rings. The predicted molar refractivity (Wildman–Crippen MR) is 59.1 cm³/mol. The summed E-state index contributed by atoms with van der Waals surface area (Å²) < 4.78 is 4.55. The van der Waals surface area contributed by atoms with Crippen LogP contribution in [0.15, 0.2) is 30.3 Å². The van der Waals surface area contributed by atoms with Crippen molar-refractivity contribution in [2.24, 2.45) is 5.73 Å². The number of nitrogens with two attached hydrogens (primary N) is 1. The minimum absolute atomic E-state index is 0.0379. The summed E-state index contributed by atoms with van der Waals surface area (Å²) in [6.45, 7) is 0.0379. The third-order valence-electron chi connectivity index (χ3n) is 1.84. The van der Waals surface area contributed by atoms with Gasteiger partial charge in [0.05, 0.1) is 12.0 Å². The maximum absolute atomic E-state index is 11.4. The van der Waals surface area contributed by atoms with Crippen LogP contribution in [-0.2, 0) is 9.53 Å². The van der Waals surface area contributed by atoms with E-state index < -0.39 is 18.0 Å². The van der Waals surface area contributed by atoms with Crippen molar-refractivity contribution in [3.05, 3.63) is 35.9 Å². The molecule has 0 unspecified atom stereocenters. The summed E-state index contributed by atoms with van der Waals surface area (Å²) in [5.74, 6) is -1.43. The molecule has 0 aliphatic heterocycles. The normalized spacial score (nSPS) is 9.41. The van der Waals surface area contributed by atoms with E-state index in [2.05, 4.69) is 10.1 Å². The van der Waals surface area contributed by atoms with Crippen LogP contribution in [0.3, 0.4) is 0 Å². The Bertz CT molecular complexity index is 417. The SMILES string of the molecule is NC(=O)NCCC(=O)OC(=O)c1ccccc1. The fourth-order valence-corrected chi connectivity index (χ4v) is 1.08. The zero-order chi connectivity index (χ0) is 12.7. The van der Waals surface area contributed by atoms with E-state index in [-0.39, 0.29) is 13.0 Å². The molecule has 0 fully saturated rings. The molecule has 0 aromatic heterocycles. The van der Waals surface area contributed by atoms with Crippen molar-refractivity contribution in [2.45, 2.75) is 6.42 Å². The van der Waals surface area contributed by atoms with Gasteiger partial charge in [-0.05, 0) is 12.1 Å². The maximum Gasteiger partial charge on any atom is 0.345 e. The standard InChI is InChI=1S/C11H12N2O4/c12-11(16)13-7-6-9(14)17-10(15)8-4-2-1-3-5-8/h1-5H,6-7H2,(H3,12,13,16). The lowest BCUT2D eigenvalue weighted by Gasteiger charge is -2.03. The average Bonchev–Trinajstić information content (AvgIpc) is 2.29. The number of carbonyl (C=O) groups excluding carboxylic acids is 3. The number of primary amides is 1. The van der Waals surface area contributed by atoms with Crippen LogP contribution in [0.5, 0.6) is 0 Å². The predicted octanol–water partition coefficient (Wildman–Crippen LogP) is 0.428. The summed E-state index contributed by atoms with van der Waals surface area (Å²) in [6.07, 6.45) is -0.110. The largest absolute Gasteiger partial charge is 0.389 e. The van der Waals surface area contributed by atoms with Crippen molar-refractivity contribution >= 4 is 18.0 Å². The van der Waals surface area contributed by atoms with Crippen molar-refractivity contribution in [1.29, 1.82) is 0 Å². The Hall–Kier alpha value is -2.37. The van der Waals surface area contributed by atoms with Gasteiger partial charge >= 0.3 is 18.0 Å². The summed E-state index contributed by atoms with van der Waals surface area (Å²) in [4.78, 5) is 32.9. The van der Waals surface area contributed by atoms with Gasteiger partial charge in [-0.15, -0.1) is 0 Å². The molecule has 3 N–H and O–H groups in total. The van der Waals surface area contributed by atoms with Gasteiger partial charge in [-0.2, -0.15) is 0 Å². The van der Waals surface area contributed by atoms with Gasteiger partial charge in [0.25, 0.3) is 0 Å². The molecule has 0 radical (unpaired) electrons. The number of ether oxygens (including phenoxy) is 1. The molecule has 0 atom stereocenters. The highest BCUT2D eigenvalue weighted by atomic mass is 16.6. The number of urea groups is 1. The average molecular weight is 236 g/mol. The molecular formula is C11H12N2O4. The lowest BCUT2D eigenvalue weighted by molar-refractivity contribution is -0.137. The summed E-state index contributed by atoms with van der Waals surface area (Å²) in [6, 6.07) is 7.42. The molecule has 0 saturated carbocycles. The number of nitrogens with one attached hydrogen (secondary N) is 1. The monoisotopic (exact) mass is 236 g/mol. The maximum atomic E-state index is 11.4. The number of carbonyl (C=O) groups is 3. The molecule has 1 rings (SSSR count). The van der Waals surface area contributed by atoms with Crippen LogP contribution in [-0.4, -0.2) is 24.5 Å². The van der Waals surface area contributed by atoms with E-state index in [1.807, 2.05) is 0 Å². The lowest BCUT2D eigenvalue weighted by atomic mass is 10.2. The van der Waals surface area contributed by atoms with Crippen molar-refractivity contribution in [3.8, 4) is 0 Å². The molecule has 6 heteroatoms. The van der Waals surface area contributed by atoms with E-state index in [1.54, 1.807) is 18.2 Å². The number of esters is 2. The molecule has 0 saturated heterocycles. The Morgan fingerprint density at radius 3 is 2.41 bits per heavy atom. The Kier molecular flexibility index (Phi) is 4.68. The van der Waals surface area contributed by atoms with E-state index in [1.165, 1.54) is 12.1 Å².